The van der Waals surface area contributed by atoms with Gasteiger partial charge in [0, 0.05) is 18.8 Å². The highest BCUT2D eigenvalue weighted by Gasteiger charge is 2.29. The fraction of sp³-hybridized carbons (Fsp3) is 0.571. The largest absolute Gasteiger partial charge is 0.371 e. The third kappa shape index (κ3) is 1.75. The van der Waals surface area contributed by atoms with Crippen LogP contribution in [-0.4, -0.2) is 13.1 Å². The van der Waals surface area contributed by atoms with Gasteiger partial charge in [0.25, 0.3) is 0 Å². The number of hydrogen-bond donors (Lipinski definition) is 0. The molecule has 1 heterocycles. The van der Waals surface area contributed by atoms with Crippen LogP contribution in [-0.2, 0) is 6.42 Å². The second kappa shape index (κ2) is 4.26. The first-order valence-electron chi connectivity index (χ1n) is 6.08. The van der Waals surface area contributed by atoms with E-state index in [4.69, 9.17) is 0 Å². The predicted molar refractivity (Wildman–Crippen MR) is 66.4 cm³/mol. The van der Waals surface area contributed by atoms with E-state index in [9.17, 15) is 0 Å². The zero-order chi connectivity index (χ0) is 10.8. The molecule has 0 aliphatic carbocycles. The summed E-state index contributed by atoms with van der Waals surface area (Å²) in [6.07, 6.45) is 3.80. The first-order valence-corrected chi connectivity index (χ1v) is 6.08. The molecule has 0 unspecified atom stereocenters. The molecule has 2 rings (SSSR count). The van der Waals surface area contributed by atoms with Gasteiger partial charge in [0.1, 0.15) is 0 Å². The summed E-state index contributed by atoms with van der Waals surface area (Å²) in [4.78, 5) is 2.48. The second-order valence-corrected chi connectivity index (χ2v) is 4.59. The van der Waals surface area contributed by atoms with Crippen molar-refractivity contribution in [3.8, 4) is 0 Å². The Hall–Kier alpha value is -0.980. The average Bonchev–Trinajstić information content (AvgIpc) is 2.29. The minimum Gasteiger partial charge on any atom is -0.371 e. The molecule has 0 fully saturated rings. The van der Waals surface area contributed by atoms with Crippen LogP contribution in [0.5, 0.6) is 0 Å². The Morgan fingerprint density at radius 3 is 2.60 bits per heavy atom. The van der Waals surface area contributed by atoms with Gasteiger partial charge in [-0.3, -0.25) is 0 Å². The smallest absolute Gasteiger partial charge is 0.0398 e. The SMILES string of the molecule is CC[C@@H]1Cc2ccccc2N(C)[C@H]1CC. The molecule has 0 saturated heterocycles. The third-order valence-corrected chi connectivity index (χ3v) is 3.84. The number of para-hydroxylation sites is 1. The molecule has 1 aromatic carbocycles. The molecule has 82 valence electrons. The third-order valence-electron chi connectivity index (χ3n) is 3.84. The highest BCUT2D eigenvalue weighted by molar-refractivity contribution is 5.56. The number of hydrogen-bond acceptors (Lipinski definition) is 1. The van der Waals surface area contributed by atoms with Crippen LogP contribution in [0.15, 0.2) is 24.3 Å². The minimum atomic E-state index is 0.727. The summed E-state index contributed by atoms with van der Waals surface area (Å²) in [6, 6.07) is 9.56. The topological polar surface area (TPSA) is 3.24 Å². The van der Waals surface area contributed by atoms with Gasteiger partial charge in [-0.2, -0.15) is 0 Å². The second-order valence-electron chi connectivity index (χ2n) is 4.59. The molecular formula is C14H21N. The van der Waals surface area contributed by atoms with E-state index in [0.717, 1.165) is 12.0 Å². The van der Waals surface area contributed by atoms with Gasteiger partial charge >= 0.3 is 0 Å². The molecule has 0 aromatic heterocycles. The summed E-state index contributed by atoms with van der Waals surface area (Å²) in [7, 11) is 2.24. The highest BCUT2D eigenvalue weighted by Crippen LogP contribution is 2.35. The van der Waals surface area contributed by atoms with Gasteiger partial charge in [0.15, 0.2) is 0 Å². The molecule has 1 nitrogen and oxygen atoms in total. The minimum absolute atomic E-state index is 0.727. The maximum atomic E-state index is 2.48. The van der Waals surface area contributed by atoms with Crippen molar-refractivity contribution in [3.05, 3.63) is 29.8 Å². The fourth-order valence-electron chi connectivity index (χ4n) is 2.96. The van der Waals surface area contributed by atoms with Crippen molar-refractivity contribution in [2.75, 3.05) is 11.9 Å². The van der Waals surface area contributed by atoms with Crippen LogP contribution in [0.2, 0.25) is 0 Å². The van der Waals surface area contributed by atoms with Gasteiger partial charge in [-0.05, 0) is 30.4 Å². The van der Waals surface area contributed by atoms with Crippen LogP contribution >= 0.6 is 0 Å². The van der Waals surface area contributed by atoms with Gasteiger partial charge in [0.2, 0.25) is 0 Å². The lowest BCUT2D eigenvalue weighted by atomic mass is 9.83. The highest BCUT2D eigenvalue weighted by atomic mass is 15.1. The van der Waals surface area contributed by atoms with Gasteiger partial charge in [-0.25, -0.2) is 0 Å². The molecule has 0 saturated carbocycles. The number of fused-ring (bicyclic) bond motifs is 1. The Morgan fingerprint density at radius 2 is 1.93 bits per heavy atom. The Morgan fingerprint density at radius 1 is 1.20 bits per heavy atom. The fourth-order valence-corrected chi connectivity index (χ4v) is 2.96. The lowest BCUT2D eigenvalue weighted by molar-refractivity contribution is 0.368. The standard InChI is InChI=1S/C14H21N/c1-4-11-10-12-8-6-7-9-14(12)15(3)13(11)5-2/h6-9,11,13H,4-5,10H2,1-3H3/t11-,13+/m1/s1. The predicted octanol–water partition coefficient (Wildman–Crippen LogP) is 3.48. The van der Waals surface area contributed by atoms with E-state index >= 15 is 0 Å². The molecule has 1 aliphatic heterocycles. The van der Waals surface area contributed by atoms with Gasteiger partial charge < -0.3 is 4.90 Å². The van der Waals surface area contributed by atoms with E-state index in [-0.39, 0.29) is 0 Å². The number of benzene rings is 1. The molecule has 0 amide bonds. The van der Waals surface area contributed by atoms with Crippen LogP contribution in [0.1, 0.15) is 32.3 Å². The summed E-state index contributed by atoms with van der Waals surface area (Å²) >= 11 is 0. The van der Waals surface area contributed by atoms with E-state index in [0.29, 0.717) is 0 Å². The number of anilines is 1. The van der Waals surface area contributed by atoms with Crippen molar-refractivity contribution in [2.24, 2.45) is 5.92 Å². The lowest BCUT2D eigenvalue weighted by Gasteiger charge is -2.41. The van der Waals surface area contributed by atoms with Crippen molar-refractivity contribution in [1.82, 2.24) is 0 Å². The van der Waals surface area contributed by atoms with E-state index in [1.165, 1.54) is 30.5 Å². The molecule has 0 radical (unpaired) electrons. The monoisotopic (exact) mass is 203 g/mol. The normalized spacial score (nSPS) is 25.1. The molecule has 1 heteroatoms. The van der Waals surface area contributed by atoms with Crippen molar-refractivity contribution < 1.29 is 0 Å². The van der Waals surface area contributed by atoms with Crippen molar-refractivity contribution in [1.29, 1.82) is 0 Å². The van der Waals surface area contributed by atoms with Crippen LogP contribution in [0.4, 0.5) is 5.69 Å². The Bertz CT molecular complexity index is 332. The van der Waals surface area contributed by atoms with Crippen molar-refractivity contribution in [2.45, 2.75) is 39.2 Å². The molecule has 1 aromatic rings. The molecule has 15 heavy (non-hydrogen) atoms. The summed E-state index contributed by atoms with van der Waals surface area (Å²) in [5, 5.41) is 0. The number of nitrogens with zero attached hydrogens (tertiary/aromatic N) is 1. The van der Waals surface area contributed by atoms with Crippen molar-refractivity contribution >= 4 is 5.69 Å². The van der Waals surface area contributed by atoms with Crippen molar-refractivity contribution in [3.63, 3.8) is 0 Å². The maximum Gasteiger partial charge on any atom is 0.0398 e. The quantitative estimate of drug-likeness (QED) is 0.711. The first kappa shape index (κ1) is 10.5. The van der Waals surface area contributed by atoms with Crippen LogP contribution in [0.25, 0.3) is 0 Å². The molecule has 0 N–H and O–H groups in total. The van der Waals surface area contributed by atoms with Crippen LogP contribution in [0, 0.1) is 5.92 Å². The molecule has 1 aliphatic rings. The molecule has 2 atom stereocenters. The Kier molecular flexibility index (Phi) is 2.99. The molecule has 0 spiro atoms. The molecular weight excluding hydrogens is 182 g/mol. The van der Waals surface area contributed by atoms with Gasteiger partial charge in [0.05, 0.1) is 0 Å². The first-order chi connectivity index (χ1) is 7.27. The summed E-state index contributed by atoms with van der Waals surface area (Å²) < 4.78 is 0. The Balaban J connectivity index is 2.36. The summed E-state index contributed by atoms with van der Waals surface area (Å²) in [5.74, 6) is 0.829. The van der Waals surface area contributed by atoms with E-state index in [2.05, 4.69) is 50.1 Å². The zero-order valence-corrected chi connectivity index (χ0v) is 10.0. The Labute approximate surface area is 93.1 Å². The van der Waals surface area contributed by atoms with E-state index in [1.807, 2.05) is 0 Å². The summed E-state index contributed by atoms with van der Waals surface area (Å²) in [6.45, 7) is 4.62. The zero-order valence-electron chi connectivity index (χ0n) is 10.0. The van der Waals surface area contributed by atoms with Crippen LogP contribution < -0.4 is 4.90 Å². The van der Waals surface area contributed by atoms with Gasteiger partial charge in [-0.1, -0.05) is 38.5 Å². The van der Waals surface area contributed by atoms with Crippen LogP contribution in [0.3, 0.4) is 0 Å². The lowest BCUT2D eigenvalue weighted by Crippen LogP contribution is -2.42. The van der Waals surface area contributed by atoms with E-state index in [1.54, 1.807) is 0 Å². The summed E-state index contributed by atoms with van der Waals surface area (Å²) in [5.41, 5.74) is 2.96. The number of rotatable bonds is 2. The van der Waals surface area contributed by atoms with E-state index < -0.39 is 0 Å². The van der Waals surface area contributed by atoms with Gasteiger partial charge in [-0.15, -0.1) is 0 Å². The maximum absolute atomic E-state index is 2.48. The average molecular weight is 203 g/mol. The molecule has 0 bridgehead atoms.